The van der Waals surface area contributed by atoms with Gasteiger partial charge in [-0.2, -0.15) is 0 Å². The molecule has 1 saturated carbocycles. The van der Waals surface area contributed by atoms with Crippen molar-refractivity contribution in [2.75, 3.05) is 0 Å². The number of nitrogens with two attached hydrogens (primary N) is 1. The van der Waals surface area contributed by atoms with Crippen LogP contribution < -0.4 is 21.5 Å². The number of hydrogen-bond acceptors (Lipinski definition) is 6. The van der Waals surface area contributed by atoms with Crippen molar-refractivity contribution >= 4 is 34.4 Å². The molecule has 0 saturated heterocycles. The maximum absolute atomic E-state index is 13.7. The Kier molecular flexibility index (Phi) is 8.53. The van der Waals surface area contributed by atoms with E-state index in [0.29, 0.717) is 25.1 Å². The van der Waals surface area contributed by atoms with Crippen LogP contribution in [0.4, 0.5) is 8.78 Å². The smallest absolute Gasteiger partial charge is 0.333 e. The fourth-order valence-corrected chi connectivity index (χ4v) is 5.42. The number of primary amides is 1. The number of benzene rings is 1. The van der Waals surface area contributed by atoms with E-state index in [4.69, 9.17) is 22.1 Å². The highest BCUT2D eigenvalue weighted by Crippen LogP contribution is 2.29. The van der Waals surface area contributed by atoms with Gasteiger partial charge in [0, 0.05) is 24.8 Å². The highest BCUT2D eigenvalue weighted by atomic mass is 35.5. The summed E-state index contributed by atoms with van der Waals surface area (Å²) in [6.07, 6.45) is 1.59. The average Bonchev–Trinajstić information content (AvgIpc) is 3.25. The number of nitrogens with zero attached hydrogens (tertiary/aromatic N) is 4. The van der Waals surface area contributed by atoms with Crippen molar-refractivity contribution in [3.63, 3.8) is 0 Å². The number of carbonyl (C=O) groups excluding carboxylic acids is 2. The Morgan fingerprint density at radius 1 is 1.10 bits per heavy atom. The van der Waals surface area contributed by atoms with E-state index >= 15 is 0 Å². The maximum Gasteiger partial charge on any atom is 0.333 e. The lowest BCUT2D eigenvalue weighted by Gasteiger charge is -2.29. The number of alkyl halides is 2. The zero-order valence-corrected chi connectivity index (χ0v) is 23.4. The summed E-state index contributed by atoms with van der Waals surface area (Å²) in [4.78, 5) is 45.6. The Morgan fingerprint density at radius 3 is 2.45 bits per heavy atom. The van der Waals surface area contributed by atoms with Crippen LogP contribution in [0.25, 0.3) is 16.7 Å². The van der Waals surface area contributed by atoms with E-state index in [1.807, 2.05) is 24.3 Å². The van der Waals surface area contributed by atoms with Crippen LogP contribution >= 0.6 is 11.6 Å². The lowest BCUT2D eigenvalue weighted by atomic mass is 9.85. The van der Waals surface area contributed by atoms with Gasteiger partial charge in [-0.1, -0.05) is 23.7 Å². The molecule has 1 fully saturated rings. The van der Waals surface area contributed by atoms with E-state index in [1.165, 1.54) is 19.2 Å². The number of carbonyl (C=O) groups is 2. The van der Waals surface area contributed by atoms with Crippen LogP contribution in [-0.2, 0) is 11.3 Å². The fraction of sp³-hybridized carbons (Fsp3) is 0.345. The topological polar surface area (TPSA) is 134 Å². The van der Waals surface area contributed by atoms with Crippen molar-refractivity contribution in [1.82, 2.24) is 24.4 Å². The van der Waals surface area contributed by atoms with Gasteiger partial charge in [-0.15, -0.1) is 0 Å². The third kappa shape index (κ3) is 6.13. The molecular weight excluding hydrogens is 570 g/mol. The van der Waals surface area contributed by atoms with Crippen LogP contribution in [0.5, 0.6) is 5.88 Å². The molecule has 2 amide bonds. The number of para-hydroxylation sites is 2. The van der Waals surface area contributed by atoms with Crippen LogP contribution in [0.15, 0.2) is 59.7 Å². The molecule has 4 aromatic rings. The fourth-order valence-electron chi connectivity index (χ4n) is 5.26. The van der Waals surface area contributed by atoms with E-state index in [2.05, 4.69) is 15.3 Å². The Morgan fingerprint density at radius 2 is 1.81 bits per heavy atom. The molecule has 3 heterocycles. The molecule has 1 aromatic carbocycles. The molecule has 0 spiro atoms. The monoisotopic (exact) mass is 598 g/mol. The summed E-state index contributed by atoms with van der Waals surface area (Å²) in [5, 5.41) is 2.95. The first-order valence-electron chi connectivity index (χ1n) is 13.5. The lowest BCUT2D eigenvalue weighted by Crippen LogP contribution is -2.39. The van der Waals surface area contributed by atoms with Crippen LogP contribution in [-0.4, -0.2) is 43.1 Å². The zero-order chi connectivity index (χ0) is 30.0. The second-order valence-electron chi connectivity index (χ2n) is 10.3. The number of ether oxygens (including phenoxy) is 1. The van der Waals surface area contributed by atoms with Gasteiger partial charge in [0.1, 0.15) is 5.69 Å². The van der Waals surface area contributed by atoms with Crippen molar-refractivity contribution in [2.45, 2.75) is 57.7 Å². The predicted molar refractivity (Wildman–Crippen MR) is 152 cm³/mol. The Labute approximate surface area is 244 Å². The Balaban J connectivity index is 1.29. The maximum atomic E-state index is 13.7. The third-order valence-corrected chi connectivity index (χ3v) is 7.68. The summed E-state index contributed by atoms with van der Waals surface area (Å²) in [7, 11) is 0. The highest BCUT2D eigenvalue weighted by molar-refractivity contribution is 6.30. The molecule has 5 rings (SSSR count). The van der Waals surface area contributed by atoms with Crippen molar-refractivity contribution < 1.29 is 23.1 Å². The van der Waals surface area contributed by atoms with Gasteiger partial charge in [-0.3, -0.25) is 23.7 Å². The second-order valence-corrected chi connectivity index (χ2v) is 10.7. The molecule has 1 atom stereocenters. The van der Waals surface area contributed by atoms with Gasteiger partial charge in [0.2, 0.25) is 5.88 Å². The number of fused-ring (bicyclic) bond motifs is 1. The number of amides is 2. The number of nitrogens with one attached hydrogen (secondary N) is 1. The minimum atomic E-state index is -2.90. The minimum Gasteiger partial charge on any atom is -0.465 e. The van der Waals surface area contributed by atoms with E-state index in [1.54, 1.807) is 21.3 Å². The van der Waals surface area contributed by atoms with Crippen molar-refractivity contribution in [1.29, 1.82) is 0 Å². The highest BCUT2D eigenvalue weighted by Gasteiger charge is 2.27. The first-order chi connectivity index (χ1) is 20.1. The molecule has 42 heavy (non-hydrogen) atoms. The molecule has 3 aromatic heterocycles. The van der Waals surface area contributed by atoms with Gasteiger partial charge in [0.25, 0.3) is 18.2 Å². The standard InChI is InChI=1S/C29H29ClF2N6O4/c1-16(27(33)39)42-24-11-10-20(14-34-24)38-23-5-3-2-4-22(23)37(29(38)41)15-17-6-8-19(9-7-17)36-28(40)21-12-18(30)13-35-25(21)26(31)32/h2-5,10-14,16-17,19,26H,6-9,15H2,1H3,(H2,33,39)(H,36,40)/t16-,17?,19?/m0/s1. The molecule has 13 heteroatoms. The van der Waals surface area contributed by atoms with Gasteiger partial charge in [0.05, 0.1) is 33.5 Å². The van der Waals surface area contributed by atoms with Crippen molar-refractivity contribution in [2.24, 2.45) is 11.7 Å². The van der Waals surface area contributed by atoms with Gasteiger partial charge in [-0.05, 0) is 62.8 Å². The van der Waals surface area contributed by atoms with Crippen LogP contribution in [0, 0.1) is 5.92 Å². The van der Waals surface area contributed by atoms with Crippen LogP contribution in [0.1, 0.15) is 55.1 Å². The van der Waals surface area contributed by atoms with Gasteiger partial charge in [0.15, 0.2) is 6.10 Å². The minimum absolute atomic E-state index is 0.107. The third-order valence-electron chi connectivity index (χ3n) is 7.47. The average molecular weight is 599 g/mol. The van der Waals surface area contributed by atoms with Crippen LogP contribution in [0.2, 0.25) is 5.02 Å². The number of rotatable bonds is 9. The largest absolute Gasteiger partial charge is 0.465 e. The van der Waals surface area contributed by atoms with Gasteiger partial charge >= 0.3 is 5.69 Å². The molecule has 0 bridgehead atoms. The molecule has 10 nitrogen and oxygen atoms in total. The summed E-state index contributed by atoms with van der Waals surface area (Å²) in [6.45, 7) is 2.00. The molecule has 1 aliphatic carbocycles. The summed E-state index contributed by atoms with van der Waals surface area (Å²) >= 11 is 5.89. The number of imidazole rings is 1. The summed E-state index contributed by atoms with van der Waals surface area (Å²) in [6, 6.07) is 11.7. The number of hydrogen-bond donors (Lipinski definition) is 2. The predicted octanol–water partition coefficient (Wildman–Crippen LogP) is 4.41. The van der Waals surface area contributed by atoms with Crippen molar-refractivity contribution in [3.05, 3.63) is 81.6 Å². The van der Waals surface area contributed by atoms with E-state index in [9.17, 15) is 23.2 Å². The zero-order valence-electron chi connectivity index (χ0n) is 22.7. The van der Waals surface area contributed by atoms with E-state index < -0.39 is 30.0 Å². The molecule has 220 valence electrons. The van der Waals surface area contributed by atoms with E-state index in [0.717, 1.165) is 30.1 Å². The normalized spacial score (nSPS) is 17.7. The Hall–Kier alpha value is -4.32. The molecule has 3 N–H and O–H groups in total. The second kappa shape index (κ2) is 12.3. The lowest BCUT2D eigenvalue weighted by molar-refractivity contribution is -0.124. The molecule has 0 aliphatic heterocycles. The number of halogens is 3. The summed E-state index contributed by atoms with van der Waals surface area (Å²) in [5.41, 5.74) is 6.23. The van der Waals surface area contributed by atoms with Crippen molar-refractivity contribution in [3.8, 4) is 11.6 Å². The SMILES string of the molecule is C[C@H](Oc1ccc(-n2c(=O)n(CC3CCC(NC(=O)c4cc(Cl)cnc4C(F)F)CC3)c3ccccc32)cn1)C(N)=O. The Bertz CT molecular complexity index is 1670. The van der Waals surface area contributed by atoms with E-state index in [-0.39, 0.29) is 34.1 Å². The number of aromatic nitrogens is 4. The van der Waals surface area contributed by atoms with Gasteiger partial charge < -0.3 is 15.8 Å². The first-order valence-corrected chi connectivity index (χ1v) is 13.9. The van der Waals surface area contributed by atoms with Gasteiger partial charge in [-0.25, -0.2) is 18.6 Å². The summed E-state index contributed by atoms with van der Waals surface area (Å²) < 4.78 is 35.5. The quantitative estimate of drug-likeness (QED) is 0.293. The summed E-state index contributed by atoms with van der Waals surface area (Å²) in [5.74, 6) is -0.862. The first kappa shape index (κ1) is 29.2. The molecule has 0 radical (unpaired) electrons. The molecule has 0 unspecified atom stereocenters. The molecular formula is C29H29ClF2N6O4. The number of pyridine rings is 2. The molecule has 1 aliphatic rings. The van der Waals surface area contributed by atoms with Crippen LogP contribution in [0.3, 0.4) is 0 Å².